The fraction of sp³-hybridized carbons (Fsp3) is 0.385. The number of benzene rings is 1. The van der Waals surface area contributed by atoms with E-state index in [1.807, 2.05) is 0 Å². The average Bonchev–Trinajstić information content (AvgIpc) is 2.77. The van der Waals surface area contributed by atoms with Crippen LogP contribution < -0.4 is 5.73 Å². The summed E-state index contributed by atoms with van der Waals surface area (Å²) in [6.07, 6.45) is 0. The number of nitrogen functional groups attached to an aromatic ring is 1. The van der Waals surface area contributed by atoms with Gasteiger partial charge in [-0.05, 0) is 18.2 Å². The first kappa shape index (κ1) is 14.2. The molecule has 0 saturated carbocycles. The molecule has 19 heavy (non-hydrogen) atoms. The standard InChI is InChI=1S/C13H16ClN3OS/c1-13(2,3)19-7-11-16-12(18-17-11)9-6-8(14)4-5-10(9)15/h4-6H,7,15H2,1-3H3. The molecule has 0 aliphatic carbocycles. The Morgan fingerprint density at radius 3 is 2.79 bits per heavy atom. The van der Waals surface area contributed by atoms with Gasteiger partial charge in [0, 0.05) is 15.5 Å². The molecule has 2 rings (SSSR count). The third kappa shape index (κ3) is 3.88. The fourth-order valence-electron chi connectivity index (χ4n) is 1.42. The van der Waals surface area contributed by atoms with Crippen LogP contribution in [0.5, 0.6) is 0 Å². The van der Waals surface area contributed by atoms with Crippen LogP contribution in [0.4, 0.5) is 5.69 Å². The minimum absolute atomic E-state index is 0.163. The summed E-state index contributed by atoms with van der Waals surface area (Å²) in [6, 6.07) is 5.18. The first-order valence-electron chi connectivity index (χ1n) is 5.87. The lowest BCUT2D eigenvalue weighted by Crippen LogP contribution is -2.07. The second kappa shape index (κ2) is 5.43. The number of anilines is 1. The Morgan fingerprint density at radius 2 is 2.11 bits per heavy atom. The number of aromatic nitrogens is 2. The average molecular weight is 298 g/mol. The van der Waals surface area contributed by atoms with E-state index in [9.17, 15) is 0 Å². The van der Waals surface area contributed by atoms with Gasteiger partial charge in [-0.2, -0.15) is 4.98 Å². The lowest BCUT2D eigenvalue weighted by atomic mass is 10.2. The van der Waals surface area contributed by atoms with E-state index in [0.717, 1.165) is 0 Å². The van der Waals surface area contributed by atoms with Crippen molar-refractivity contribution in [3.8, 4) is 11.5 Å². The molecule has 0 amide bonds. The molecule has 0 aliphatic heterocycles. The molecule has 0 atom stereocenters. The Hall–Kier alpha value is -1.20. The highest BCUT2D eigenvalue weighted by molar-refractivity contribution is 7.99. The van der Waals surface area contributed by atoms with Crippen LogP contribution in [0.1, 0.15) is 26.6 Å². The minimum atomic E-state index is 0.163. The van der Waals surface area contributed by atoms with E-state index in [4.69, 9.17) is 21.9 Å². The molecule has 0 aliphatic rings. The van der Waals surface area contributed by atoms with E-state index in [-0.39, 0.29) is 4.75 Å². The predicted octanol–water partition coefficient (Wildman–Crippen LogP) is 4.00. The fourth-order valence-corrected chi connectivity index (χ4v) is 2.27. The van der Waals surface area contributed by atoms with Gasteiger partial charge in [-0.1, -0.05) is 37.5 Å². The molecule has 0 unspecified atom stereocenters. The van der Waals surface area contributed by atoms with Gasteiger partial charge in [0.05, 0.1) is 11.3 Å². The van der Waals surface area contributed by atoms with Gasteiger partial charge in [-0.3, -0.25) is 0 Å². The van der Waals surface area contributed by atoms with Gasteiger partial charge >= 0.3 is 0 Å². The third-order valence-electron chi connectivity index (χ3n) is 2.35. The van der Waals surface area contributed by atoms with Crippen molar-refractivity contribution < 1.29 is 4.52 Å². The second-order valence-electron chi connectivity index (χ2n) is 5.15. The molecular formula is C13H16ClN3OS. The van der Waals surface area contributed by atoms with Gasteiger partial charge in [0.1, 0.15) is 0 Å². The number of nitrogens with zero attached hydrogens (tertiary/aromatic N) is 2. The summed E-state index contributed by atoms with van der Waals surface area (Å²) in [5, 5.41) is 4.55. The highest BCUT2D eigenvalue weighted by atomic mass is 35.5. The molecule has 4 nitrogen and oxygen atoms in total. The quantitative estimate of drug-likeness (QED) is 0.867. The van der Waals surface area contributed by atoms with Crippen LogP contribution in [0.15, 0.2) is 22.7 Å². The lowest BCUT2D eigenvalue weighted by molar-refractivity contribution is 0.425. The molecule has 1 heterocycles. The Balaban J connectivity index is 2.19. The van der Waals surface area contributed by atoms with Crippen molar-refractivity contribution in [1.82, 2.24) is 10.1 Å². The van der Waals surface area contributed by atoms with Crippen molar-refractivity contribution in [3.05, 3.63) is 29.0 Å². The Bertz CT molecular complexity index is 578. The molecule has 102 valence electrons. The highest BCUT2D eigenvalue weighted by Crippen LogP contribution is 2.30. The van der Waals surface area contributed by atoms with Crippen LogP contribution in [-0.2, 0) is 5.75 Å². The van der Waals surface area contributed by atoms with Crippen LogP contribution >= 0.6 is 23.4 Å². The molecule has 0 radical (unpaired) electrons. The Kier molecular flexibility index (Phi) is 4.06. The van der Waals surface area contributed by atoms with Crippen molar-refractivity contribution in [2.75, 3.05) is 5.73 Å². The van der Waals surface area contributed by atoms with E-state index < -0.39 is 0 Å². The van der Waals surface area contributed by atoms with Gasteiger partial charge in [-0.15, -0.1) is 11.8 Å². The van der Waals surface area contributed by atoms with Crippen LogP contribution in [-0.4, -0.2) is 14.9 Å². The molecule has 6 heteroatoms. The Morgan fingerprint density at radius 1 is 1.37 bits per heavy atom. The van der Waals surface area contributed by atoms with Crippen LogP contribution in [0.2, 0.25) is 5.02 Å². The van der Waals surface area contributed by atoms with Gasteiger partial charge in [0.2, 0.25) is 0 Å². The largest absolute Gasteiger partial charge is 0.398 e. The summed E-state index contributed by atoms with van der Waals surface area (Å²) in [7, 11) is 0. The summed E-state index contributed by atoms with van der Waals surface area (Å²) >= 11 is 7.71. The minimum Gasteiger partial charge on any atom is -0.398 e. The number of rotatable bonds is 3. The van der Waals surface area contributed by atoms with Crippen molar-refractivity contribution in [3.63, 3.8) is 0 Å². The molecule has 2 aromatic rings. The van der Waals surface area contributed by atoms with Crippen molar-refractivity contribution in [2.24, 2.45) is 0 Å². The van der Waals surface area contributed by atoms with Crippen molar-refractivity contribution in [2.45, 2.75) is 31.3 Å². The van der Waals surface area contributed by atoms with Gasteiger partial charge in [0.25, 0.3) is 5.89 Å². The topological polar surface area (TPSA) is 64.9 Å². The molecule has 1 aromatic heterocycles. The zero-order chi connectivity index (χ0) is 14.0. The summed E-state index contributed by atoms with van der Waals surface area (Å²) in [5.41, 5.74) is 7.13. The number of hydrogen-bond acceptors (Lipinski definition) is 5. The highest BCUT2D eigenvalue weighted by Gasteiger charge is 2.15. The number of nitrogens with two attached hydrogens (primary N) is 1. The predicted molar refractivity (Wildman–Crippen MR) is 80.2 cm³/mol. The third-order valence-corrected chi connectivity index (χ3v) is 3.85. The van der Waals surface area contributed by atoms with E-state index in [2.05, 4.69) is 30.9 Å². The smallest absolute Gasteiger partial charge is 0.260 e. The number of halogens is 1. The maximum Gasteiger partial charge on any atom is 0.260 e. The van der Waals surface area contributed by atoms with Crippen LogP contribution in [0, 0.1) is 0 Å². The zero-order valence-electron chi connectivity index (χ0n) is 11.1. The maximum atomic E-state index is 5.94. The van der Waals surface area contributed by atoms with E-state index in [1.165, 1.54) is 0 Å². The monoisotopic (exact) mass is 297 g/mol. The summed E-state index contributed by atoms with van der Waals surface area (Å²) in [4.78, 5) is 4.35. The molecule has 1 aromatic carbocycles. The van der Waals surface area contributed by atoms with Crippen molar-refractivity contribution >= 4 is 29.1 Å². The molecule has 2 N–H and O–H groups in total. The lowest BCUT2D eigenvalue weighted by Gasteiger charge is -2.15. The van der Waals surface area contributed by atoms with Gasteiger partial charge in [-0.25, -0.2) is 0 Å². The zero-order valence-corrected chi connectivity index (χ0v) is 12.7. The number of thioether (sulfide) groups is 1. The first-order valence-corrected chi connectivity index (χ1v) is 7.23. The first-order chi connectivity index (χ1) is 8.85. The maximum absolute atomic E-state index is 5.94. The molecule has 0 bridgehead atoms. The second-order valence-corrected chi connectivity index (χ2v) is 7.39. The summed E-state index contributed by atoms with van der Waals surface area (Å²) in [5.74, 6) is 1.77. The van der Waals surface area contributed by atoms with E-state index in [0.29, 0.717) is 33.7 Å². The van der Waals surface area contributed by atoms with Crippen LogP contribution in [0.25, 0.3) is 11.5 Å². The van der Waals surface area contributed by atoms with Crippen LogP contribution in [0.3, 0.4) is 0 Å². The van der Waals surface area contributed by atoms with Gasteiger partial charge < -0.3 is 10.3 Å². The molecule has 0 saturated heterocycles. The van der Waals surface area contributed by atoms with Crippen molar-refractivity contribution in [1.29, 1.82) is 0 Å². The summed E-state index contributed by atoms with van der Waals surface area (Å²) < 4.78 is 5.40. The van der Waals surface area contributed by atoms with E-state index in [1.54, 1.807) is 30.0 Å². The number of hydrogen-bond donors (Lipinski definition) is 1. The molecular weight excluding hydrogens is 282 g/mol. The summed E-state index contributed by atoms with van der Waals surface area (Å²) in [6.45, 7) is 6.44. The molecule has 0 spiro atoms. The molecule has 0 fully saturated rings. The van der Waals surface area contributed by atoms with Gasteiger partial charge in [0.15, 0.2) is 5.82 Å². The van der Waals surface area contributed by atoms with E-state index >= 15 is 0 Å². The Labute approximate surface area is 121 Å². The SMILES string of the molecule is CC(C)(C)SCc1noc(-c2cc(Cl)ccc2N)n1. The normalized spacial score (nSPS) is 11.8.